The third kappa shape index (κ3) is 5.58. The number of nitrogens with one attached hydrogen (secondary N) is 1. The number of likely N-dealkylation sites (tertiary alicyclic amines) is 2. The van der Waals surface area contributed by atoms with Crippen molar-refractivity contribution in [3.05, 3.63) is 48.0 Å². The third-order valence-electron chi connectivity index (χ3n) is 7.08. The molecule has 182 valence electrons. The molecule has 1 unspecified atom stereocenters. The summed E-state index contributed by atoms with van der Waals surface area (Å²) in [5.41, 5.74) is 0.698. The van der Waals surface area contributed by atoms with Gasteiger partial charge in [0.2, 0.25) is 11.8 Å². The van der Waals surface area contributed by atoms with E-state index in [0.29, 0.717) is 57.7 Å². The van der Waals surface area contributed by atoms with Crippen LogP contribution in [0.25, 0.3) is 10.8 Å². The number of piperidine rings is 2. The fraction of sp³-hybridized carbons (Fsp3) is 0.519. The molecule has 0 bridgehead atoms. The Morgan fingerprint density at radius 3 is 2.50 bits per heavy atom. The summed E-state index contributed by atoms with van der Waals surface area (Å²) in [4.78, 5) is 42.7. The Balaban J connectivity index is 1.32. The molecule has 2 aliphatic heterocycles. The van der Waals surface area contributed by atoms with Crippen molar-refractivity contribution in [1.82, 2.24) is 15.1 Å². The van der Waals surface area contributed by atoms with Gasteiger partial charge >= 0.3 is 0 Å². The molecular formula is C27H35N3O4. The molecule has 2 aromatic rings. The zero-order valence-corrected chi connectivity index (χ0v) is 20.0. The van der Waals surface area contributed by atoms with Crippen molar-refractivity contribution >= 4 is 28.5 Å². The van der Waals surface area contributed by atoms with Gasteiger partial charge in [-0.3, -0.25) is 14.4 Å². The van der Waals surface area contributed by atoms with Gasteiger partial charge in [0.15, 0.2) is 0 Å². The second-order valence-electron chi connectivity index (χ2n) is 9.35. The van der Waals surface area contributed by atoms with Crippen LogP contribution in [0.2, 0.25) is 0 Å². The van der Waals surface area contributed by atoms with Crippen LogP contribution >= 0.6 is 0 Å². The molecule has 0 aromatic heterocycles. The van der Waals surface area contributed by atoms with Crippen molar-refractivity contribution in [1.29, 1.82) is 0 Å². The maximum Gasteiger partial charge on any atom is 0.254 e. The van der Waals surface area contributed by atoms with E-state index in [1.54, 1.807) is 7.11 Å². The van der Waals surface area contributed by atoms with Crippen molar-refractivity contribution in [2.24, 2.45) is 11.8 Å². The Labute approximate surface area is 201 Å². The number of hydrogen-bond acceptors (Lipinski definition) is 4. The van der Waals surface area contributed by atoms with Crippen molar-refractivity contribution in [2.75, 3.05) is 46.4 Å². The molecule has 3 amide bonds. The average Bonchev–Trinajstić information content (AvgIpc) is 2.90. The predicted molar refractivity (Wildman–Crippen MR) is 131 cm³/mol. The molecule has 0 radical (unpaired) electrons. The van der Waals surface area contributed by atoms with Crippen molar-refractivity contribution in [3.8, 4) is 0 Å². The fourth-order valence-electron chi connectivity index (χ4n) is 5.14. The molecule has 7 heteroatoms. The SMILES string of the molecule is COCCCNC(=O)C1CCN(C(=O)C2CCCN(C(=O)c3cccc4ccccc34)C2)CC1. The van der Waals surface area contributed by atoms with Gasteiger partial charge in [-0.1, -0.05) is 36.4 Å². The normalized spacial score (nSPS) is 19.3. The molecule has 4 rings (SSSR count). The number of fused-ring (bicyclic) bond motifs is 1. The van der Waals surface area contributed by atoms with Crippen LogP contribution in [0.4, 0.5) is 0 Å². The van der Waals surface area contributed by atoms with E-state index in [-0.39, 0.29) is 29.6 Å². The Kier molecular flexibility index (Phi) is 8.16. The molecule has 2 heterocycles. The first kappa shape index (κ1) is 24.2. The van der Waals surface area contributed by atoms with Crippen molar-refractivity contribution < 1.29 is 19.1 Å². The standard InChI is InChI=1S/C27H35N3O4/c1-34-18-6-14-28-25(31)21-12-16-29(17-13-21)26(32)22-9-5-15-30(19-22)27(33)24-11-4-8-20-7-2-3-10-23(20)24/h2-4,7-8,10-11,21-22H,5-6,9,12-19H2,1H3,(H,28,31). The van der Waals surface area contributed by atoms with Crippen LogP contribution < -0.4 is 5.32 Å². The summed E-state index contributed by atoms with van der Waals surface area (Å²) in [7, 11) is 1.65. The van der Waals surface area contributed by atoms with E-state index < -0.39 is 0 Å². The number of carbonyl (C=O) groups excluding carboxylic acids is 3. The molecule has 2 aromatic carbocycles. The van der Waals surface area contributed by atoms with Gasteiger partial charge in [-0.15, -0.1) is 0 Å². The van der Waals surface area contributed by atoms with E-state index in [1.165, 1.54) is 0 Å². The minimum atomic E-state index is -0.174. The summed E-state index contributed by atoms with van der Waals surface area (Å²) in [6, 6.07) is 13.7. The van der Waals surface area contributed by atoms with Crippen LogP contribution in [-0.2, 0) is 14.3 Å². The van der Waals surface area contributed by atoms with Crippen LogP contribution in [0.1, 0.15) is 42.5 Å². The number of nitrogens with zero attached hydrogens (tertiary/aromatic N) is 2. The summed E-state index contributed by atoms with van der Waals surface area (Å²) in [5, 5.41) is 4.97. The fourth-order valence-corrected chi connectivity index (χ4v) is 5.14. The average molecular weight is 466 g/mol. The van der Waals surface area contributed by atoms with Crippen molar-refractivity contribution in [3.63, 3.8) is 0 Å². The van der Waals surface area contributed by atoms with E-state index in [1.807, 2.05) is 52.3 Å². The maximum absolute atomic E-state index is 13.4. The molecule has 2 fully saturated rings. The number of hydrogen-bond donors (Lipinski definition) is 1. The van der Waals surface area contributed by atoms with Gasteiger partial charge in [0.25, 0.3) is 5.91 Å². The predicted octanol–water partition coefficient (Wildman–Crippen LogP) is 3.08. The lowest BCUT2D eigenvalue weighted by molar-refractivity contribution is -0.140. The number of rotatable bonds is 7. The van der Waals surface area contributed by atoms with Gasteiger partial charge in [-0.25, -0.2) is 0 Å². The minimum Gasteiger partial charge on any atom is -0.385 e. The second-order valence-corrected chi connectivity index (χ2v) is 9.35. The number of ether oxygens (including phenoxy) is 1. The molecule has 2 saturated heterocycles. The quantitative estimate of drug-likeness (QED) is 0.638. The topological polar surface area (TPSA) is 79.0 Å². The van der Waals surface area contributed by atoms with E-state index >= 15 is 0 Å². The monoisotopic (exact) mass is 465 g/mol. The molecule has 2 aliphatic rings. The highest BCUT2D eigenvalue weighted by atomic mass is 16.5. The smallest absolute Gasteiger partial charge is 0.254 e. The Bertz CT molecular complexity index is 1010. The van der Waals surface area contributed by atoms with Gasteiger partial charge < -0.3 is 19.9 Å². The van der Waals surface area contributed by atoms with Crippen LogP contribution in [0.3, 0.4) is 0 Å². The summed E-state index contributed by atoms with van der Waals surface area (Å²) >= 11 is 0. The zero-order chi connectivity index (χ0) is 23.9. The molecule has 0 saturated carbocycles. The van der Waals surface area contributed by atoms with E-state index in [0.717, 1.165) is 30.0 Å². The summed E-state index contributed by atoms with van der Waals surface area (Å²) in [6.45, 7) is 3.59. The van der Waals surface area contributed by atoms with Crippen LogP contribution in [0.5, 0.6) is 0 Å². The highest BCUT2D eigenvalue weighted by Crippen LogP contribution is 2.26. The first-order chi connectivity index (χ1) is 16.6. The molecule has 0 aliphatic carbocycles. The van der Waals surface area contributed by atoms with Gasteiger partial charge in [0.1, 0.15) is 0 Å². The van der Waals surface area contributed by atoms with E-state index in [4.69, 9.17) is 4.74 Å². The Morgan fingerprint density at radius 2 is 1.71 bits per heavy atom. The first-order valence-electron chi connectivity index (χ1n) is 12.4. The lowest BCUT2D eigenvalue weighted by atomic mass is 9.92. The minimum absolute atomic E-state index is 0.00171. The molecule has 7 nitrogen and oxygen atoms in total. The number of benzene rings is 2. The van der Waals surface area contributed by atoms with Gasteiger partial charge in [0.05, 0.1) is 5.92 Å². The highest BCUT2D eigenvalue weighted by molar-refractivity contribution is 6.07. The van der Waals surface area contributed by atoms with E-state index in [9.17, 15) is 14.4 Å². The summed E-state index contributed by atoms with van der Waals surface area (Å²) in [6.07, 6.45) is 3.81. The molecule has 0 spiro atoms. The van der Waals surface area contributed by atoms with E-state index in [2.05, 4.69) is 5.32 Å². The van der Waals surface area contributed by atoms with Crippen LogP contribution in [-0.4, -0.2) is 74.0 Å². The molecule has 1 N–H and O–H groups in total. The lowest BCUT2D eigenvalue weighted by Crippen LogP contribution is -2.49. The maximum atomic E-state index is 13.4. The highest BCUT2D eigenvalue weighted by Gasteiger charge is 2.34. The summed E-state index contributed by atoms with van der Waals surface area (Å²) in [5.74, 6) is -0.0188. The van der Waals surface area contributed by atoms with Crippen molar-refractivity contribution in [2.45, 2.75) is 32.1 Å². The second kappa shape index (κ2) is 11.5. The Hall–Kier alpha value is -2.93. The van der Waals surface area contributed by atoms with Gasteiger partial charge in [-0.05, 0) is 48.9 Å². The third-order valence-corrected chi connectivity index (χ3v) is 7.08. The summed E-state index contributed by atoms with van der Waals surface area (Å²) < 4.78 is 5.01. The van der Waals surface area contributed by atoms with Gasteiger partial charge in [-0.2, -0.15) is 0 Å². The Morgan fingerprint density at radius 1 is 0.941 bits per heavy atom. The van der Waals surface area contributed by atoms with Gasteiger partial charge in [0, 0.05) is 57.9 Å². The van der Waals surface area contributed by atoms with Crippen LogP contribution in [0, 0.1) is 11.8 Å². The first-order valence-corrected chi connectivity index (χ1v) is 12.4. The zero-order valence-electron chi connectivity index (χ0n) is 20.0. The lowest BCUT2D eigenvalue weighted by Gasteiger charge is -2.37. The molecular weight excluding hydrogens is 430 g/mol. The molecule has 34 heavy (non-hydrogen) atoms. The number of amides is 3. The number of carbonyl (C=O) groups is 3. The molecule has 1 atom stereocenters. The number of methoxy groups -OCH3 is 1. The largest absolute Gasteiger partial charge is 0.385 e. The van der Waals surface area contributed by atoms with Crippen LogP contribution in [0.15, 0.2) is 42.5 Å².